The van der Waals surface area contributed by atoms with Crippen molar-refractivity contribution in [1.29, 1.82) is 0 Å². The van der Waals surface area contributed by atoms with Gasteiger partial charge in [0.1, 0.15) is 0 Å². The molecule has 1 fully saturated rings. The number of carbonyl (C=O) groups is 1. The van der Waals surface area contributed by atoms with Gasteiger partial charge in [-0.15, -0.1) is 0 Å². The number of amides is 1. The molecule has 0 unspecified atom stereocenters. The molecule has 3 rings (SSSR count). The molecule has 0 aliphatic carbocycles. The maximum absolute atomic E-state index is 12.5. The second-order valence-corrected chi connectivity index (χ2v) is 7.14. The minimum atomic E-state index is 0.242. The molecule has 0 bridgehead atoms. The Morgan fingerprint density at radius 2 is 1.68 bits per heavy atom. The van der Waals surface area contributed by atoms with E-state index in [2.05, 4.69) is 36.1 Å². The summed E-state index contributed by atoms with van der Waals surface area (Å²) < 4.78 is 0. The lowest BCUT2D eigenvalue weighted by Gasteiger charge is -2.35. The van der Waals surface area contributed by atoms with Crippen LogP contribution in [0, 0.1) is 6.92 Å². The normalized spacial score (nSPS) is 15.4. The molecule has 0 spiro atoms. The molecular formula is C21H25ClN2O. The smallest absolute Gasteiger partial charge is 0.227 e. The van der Waals surface area contributed by atoms with Crippen LogP contribution in [0.5, 0.6) is 0 Å². The monoisotopic (exact) mass is 356 g/mol. The molecule has 0 radical (unpaired) electrons. The standard InChI is InChI=1S/C21H25ClN2O/c1-17-4-2-3-5-19(17)16-21(25)24-14-12-23(13-15-24)11-10-18-6-8-20(22)9-7-18/h2-9H,10-16H2,1H3. The fourth-order valence-corrected chi connectivity index (χ4v) is 3.37. The molecule has 132 valence electrons. The fourth-order valence-electron chi connectivity index (χ4n) is 3.24. The Labute approximate surface area is 155 Å². The maximum Gasteiger partial charge on any atom is 0.227 e. The van der Waals surface area contributed by atoms with E-state index < -0.39 is 0 Å². The van der Waals surface area contributed by atoms with E-state index in [9.17, 15) is 4.79 Å². The van der Waals surface area contributed by atoms with Crippen molar-refractivity contribution in [2.75, 3.05) is 32.7 Å². The number of halogens is 1. The molecule has 1 aliphatic heterocycles. The van der Waals surface area contributed by atoms with Crippen molar-refractivity contribution in [3.05, 3.63) is 70.2 Å². The number of piperazine rings is 1. The Hall–Kier alpha value is -1.84. The summed E-state index contributed by atoms with van der Waals surface area (Å²) in [6.45, 7) is 6.65. The van der Waals surface area contributed by atoms with Crippen molar-refractivity contribution in [3.63, 3.8) is 0 Å². The number of aryl methyl sites for hydroxylation is 1. The van der Waals surface area contributed by atoms with E-state index in [0.717, 1.165) is 49.7 Å². The predicted molar refractivity (Wildman–Crippen MR) is 103 cm³/mol. The van der Waals surface area contributed by atoms with Crippen LogP contribution in [0.4, 0.5) is 0 Å². The summed E-state index contributed by atoms with van der Waals surface area (Å²) in [6.07, 6.45) is 1.53. The number of carbonyl (C=O) groups excluding carboxylic acids is 1. The van der Waals surface area contributed by atoms with Gasteiger partial charge in [0.05, 0.1) is 6.42 Å². The summed E-state index contributed by atoms with van der Waals surface area (Å²) in [6, 6.07) is 16.2. The highest BCUT2D eigenvalue weighted by Crippen LogP contribution is 2.13. The number of benzene rings is 2. The van der Waals surface area contributed by atoms with Crippen LogP contribution in [-0.2, 0) is 17.6 Å². The van der Waals surface area contributed by atoms with E-state index >= 15 is 0 Å². The molecule has 0 aromatic heterocycles. The van der Waals surface area contributed by atoms with Gasteiger partial charge >= 0.3 is 0 Å². The van der Waals surface area contributed by atoms with Crippen LogP contribution in [0.3, 0.4) is 0 Å². The molecular weight excluding hydrogens is 332 g/mol. The van der Waals surface area contributed by atoms with Crippen LogP contribution >= 0.6 is 11.6 Å². The SMILES string of the molecule is Cc1ccccc1CC(=O)N1CCN(CCc2ccc(Cl)cc2)CC1. The zero-order valence-electron chi connectivity index (χ0n) is 14.7. The second kappa shape index (κ2) is 8.50. The van der Waals surface area contributed by atoms with Crippen LogP contribution in [-0.4, -0.2) is 48.4 Å². The van der Waals surface area contributed by atoms with Crippen molar-refractivity contribution in [2.45, 2.75) is 19.8 Å². The third kappa shape index (κ3) is 5.07. The lowest BCUT2D eigenvalue weighted by Crippen LogP contribution is -2.49. The molecule has 4 heteroatoms. The average molecular weight is 357 g/mol. The van der Waals surface area contributed by atoms with Crippen LogP contribution in [0.1, 0.15) is 16.7 Å². The first-order valence-corrected chi connectivity index (χ1v) is 9.29. The van der Waals surface area contributed by atoms with Gasteiger partial charge in [0.15, 0.2) is 0 Å². The molecule has 1 aliphatic rings. The zero-order valence-corrected chi connectivity index (χ0v) is 15.5. The Morgan fingerprint density at radius 1 is 1.00 bits per heavy atom. The summed E-state index contributed by atoms with van der Waals surface area (Å²) in [4.78, 5) is 17.0. The van der Waals surface area contributed by atoms with Gasteiger partial charge in [-0.05, 0) is 42.2 Å². The summed E-state index contributed by atoms with van der Waals surface area (Å²) in [5.74, 6) is 0.242. The van der Waals surface area contributed by atoms with Crippen molar-refractivity contribution >= 4 is 17.5 Å². The van der Waals surface area contributed by atoms with Gasteiger partial charge in [0.25, 0.3) is 0 Å². The molecule has 1 saturated heterocycles. The van der Waals surface area contributed by atoms with Gasteiger partial charge in [-0.2, -0.15) is 0 Å². The minimum Gasteiger partial charge on any atom is -0.340 e. The molecule has 0 atom stereocenters. The van der Waals surface area contributed by atoms with Gasteiger partial charge in [0, 0.05) is 37.7 Å². The van der Waals surface area contributed by atoms with Gasteiger partial charge in [0.2, 0.25) is 5.91 Å². The maximum atomic E-state index is 12.5. The quantitative estimate of drug-likeness (QED) is 0.817. The van der Waals surface area contributed by atoms with Gasteiger partial charge in [-0.3, -0.25) is 9.69 Å². The largest absolute Gasteiger partial charge is 0.340 e. The zero-order chi connectivity index (χ0) is 17.6. The predicted octanol–water partition coefficient (Wildman–Crippen LogP) is 3.58. The topological polar surface area (TPSA) is 23.6 Å². The Bertz CT molecular complexity index is 706. The molecule has 1 heterocycles. The summed E-state index contributed by atoms with van der Waals surface area (Å²) >= 11 is 5.93. The van der Waals surface area contributed by atoms with E-state index in [-0.39, 0.29) is 5.91 Å². The van der Waals surface area contributed by atoms with Gasteiger partial charge in [-0.25, -0.2) is 0 Å². The highest BCUT2D eigenvalue weighted by atomic mass is 35.5. The minimum absolute atomic E-state index is 0.242. The summed E-state index contributed by atoms with van der Waals surface area (Å²) in [5.41, 5.74) is 3.64. The Balaban J connectivity index is 1.44. The molecule has 0 saturated carbocycles. The van der Waals surface area contributed by atoms with Crippen LogP contribution in [0.2, 0.25) is 5.02 Å². The van der Waals surface area contributed by atoms with Crippen molar-refractivity contribution in [2.24, 2.45) is 0 Å². The fraction of sp³-hybridized carbons (Fsp3) is 0.381. The van der Waals surface area contributed by atoms with Crippen molar-refractivity contribution in [1.82, 2.24) is 9.80 Å². The highest BCUT2D eigenvalue weighted by Gasteiger charge is 2.21. The molecule has 3 nitrogen and oxygen atoms in total. The first-order valence-electron chi connectivity index (χ1n) is 8.91. The first-order chi connectivity index (χ1) is 12.1. The van der Waals surface area contributed by atoms with E-state index in [4.69, 9.17) is 11.6 Å². The molecule has 2 aromatic carbocycles. The Kier molecular flexibility index (Phi) is 6.11. The van der Waals surface area contributed by atoms with Crippen LogP contribution < -0.4 is 0 Å². The molecule has 2 aromatic rings. The number of rotatable bonds is 5. The molecule has 0 N–H and O–H groups in total. The van der Waals surface area contributed by atoms with Gasteiger partial charge in [-0.1, -0.05) is 48.0 Å². The summed E-state index contributed by atoms with van der Waals surface area (Å²) in [7, 11) is 0. The van der Waals surface area contributed by atoms with Crippen LogP contribution in [0.25, 0.3) is 0 Å². The van der Waals surface area contributed by atoms with E-state index in [1.807, 2.05) is 29.2 Å². The number of hydrogen-bond acceptors (Lipinski definition) is 2. The molecule has 25 heavy (non-hydrogen) atoms. The number of nitrogens with zero attached hydrogens (tertiary/aromatic N) is 2. The highest BCUT2D eigenvalue weighted by molar-refractivity contribution is 6.30. The van der Waals surface area contributed by atoms with E-state index in [1.54, 1.807) is 0 Å². The van der Waals surface area contributed by atoms with E-state index in [1.165, 1.54) is 11.1 Å². The van der Waals surface area contributed by atoms with Crippen LogP contribution in [0.15, 0.2) is 48.5 Å². The van der Waals surface area contributed by atoms with Crippen molar-refractivity contribution in [3.8, 4) is 0 Å². The Morgan fingerprint density at radius 3 is 2.36 bits per heavy atom. The van der Waals surface area contributed by atoms with E-state index in [0.29, 0.717) is 6.42 Å². The second-order valence-electron chi connectivity index (χ2n) is 6.70. The lowest BCUT2D eigenvalue weighted by atomic mass is 10.1. The number of hydrogen-bond donors (Lipinski definition) is 0. The third-order valence-electron chi connectivity index (χ3n) is 4.96. The third-order valence-corrected chi connectivity index (χ3v) is 5.21. The molecule has 1 amide bonds. The average Bonchev–Trinajstić information content (AvgIpc) is 2.63. The lowest BCUT2D eigenvalue weighted by molar-refractivity contribution is -0.132. The summed E-state index contributed by atoms with van der Waals surface area (Å²) in [5, 5.41) is 0.782. The van der Waals surface area contributed by atoms with Crippen molar-refractivity contribution < 1.29 is 4.79 Å². The first kappa shape index (κ1) is 18.0. The van der Waals surface area contributed by atoms with Gasteiger partial charge < -0.3 is 4.90 Å².